The van der Waals surface area contributed by atoms with Gasteiger partial charge in [0.05, 0.1) is 19.7 Å². The van der Waals surface area contributed by atoms with E-state index in [1.54, 1.807) is 7.11 Å². The number of rotatable bonds is 7. The van der Waals surface area contributed by atoms with Crippen LogP contribution in [0, 0.1) is 0 Å². The molecule has 0 spiro atoms. The number of nitrogens with one attached hydrogen (secondary N) is 1. The van der Waals surface area contributed by atoms with Gasteiger partial charge < -0.3 is 19.9 Å². The van der Waals surface area contributed by atoms with E-state index in [1.807, 2.05) is 28.0 Å². The maximum atomic E-state index is 12.7. The first kappa shape index (κ1) is 24.7. The minimum atomic E-state index is 0. The normalized spacial score (nSPS) is 16.2. The van der Waals surface area contributed by atoms with Crippen LogP contribution in [0.3, 0.4) is 0 Å². The van der Waals surface area contributed by atoms with Gasteiger partial charge in [-0.1, -0.05) is 18.2 Å². The van der Waals surface area contributed by atoms with Crippen molar-refractivity contribution in [3.63, 3.8) is 0 Å². The van der Waals surface area contributed by atoms with Gasteiger partial charge in [-0.15, -0.1) is 24.8 Å². The third-order valence-electron chi connectivity index (χ3n) is 5.03. The van der Waals surface area contributed by atoms with Crippen molar-refractivity contribution in [1.82, 2.24) is 15.1 Å². The summed E-state index contributed by atoms with van der Waals surface area (Å²) in [6.07, 6.45) is 0.931. The summed E-state index contributed by atoms with van der Waals surface area (Å²) in [6.45, 7) is 5.63. The molecule has 1 aromatic rings. The summed E-state index contributed by atoms with van der Waals surface area (Å²) in [5.41, 5.74) is 2.30. The van der Waals surface area contributed by atoms with E-state index < -0.39 is 0 Å². The molecule has 0 saturated carbocycles. The molecule has 1 N–H and O–H groups in total. The predicted molar refractivity (Wildman–Crippen MR) is 115 cm³/mol. The second-order valence-corrected chi connectivity index (χ2v) is 6.75. The molecule has 1 aromatic carbocycles. The van der Waals surface area contributed by atoms with Crippen LogP contribution < -0.4 is 10.2 Å². The van der Waals surface area contributed by atoms with Crippen LogP contribution in [0.4, 0.5) is 5.69 Å². The molecule has 158 valence electrons. The summed E-state index contributed by atoms with van der Waals surface area (Å²) in [5, 5.41) is 3.08. The molecule has 9 heteroatoms. The molecule has 0 aromatic heterocycles. The van der Waals surface area contributed by atoms with Gasteiger partial charge in [-0.25, -0.2) is 0 Å². The minimum Gasteiger partial charge on any atom is -0.383 e. The molecule has 2 heterocycles. The van der Waals surface area contributed by atoms with Crippen molar-refractivity contribution < 1.29 is 14.3 Å². The van der Waals surface area contributed by atoms with Crippen molar-refractivity contribution in [3.8, 4) is 0 Å². The highest BCUT2D eigenvalue weighted by Crippen LogP contribution is 2.27. The standard InChI is InChI=1S/C19H28N4O3.2ClH/c1-26-13-7-20-14-18(24)22-11-9-21(10-12-22)15-19(25)23-8-6-16-4-2-3-5-17(16)23;;/h2-5,20H,6-15H2,1H3;2*1H. The minimum absolute atomic E-state index is 0. The molecule has 28 heavy (non-hydrogen) atoms. The first-order valence-electron chi connectivity index (χ1n) is 9.27. The smallest absolute Gasteiger partial charge is 0.241 e. The maximum Gasteiger partial charge on any atom is 0.241 e. The number of methoxy groups -OCH3 is 1. The molecule has 2 aliphatic rings. The summed E-state index contributed by atoms with van der Waals surface area (Å²) in [4.78, 5) is 30.7. The van der Waals surface area contributed by atoms with E-state index in [1.165, 1.54) is 5.56 Å². The molecule has 1 fully saturated rings. The van der Waals surface area contributed by atoms with E-state index in [-0.39, 0.29) is 36.6 Å². The Hall–Kier alpha value is -1.38. The molecule has 0 unspecified atom stereocenters. The summed E-state index contributed by atoms with van der Waals surface area (Å²) >= 11 is 0. The highest BCUT2D eigenvalue weighted by Gasteiger charge is 2.27. The zero-order chi connectivity index (χ0) is 18.4. The molecule has 1 saturated heterocycles. The third-order valence-corrected chi connectivity index (χ3v) is 5.03. The SMILES string of the molecule is COCCNCC(=O)N1CCN(CC(=O)N2CCc3ccccc32)CC1.Cl.Cl. The van der Waals surface area contributed by atoms with Gasteiger partial charge in [-0.3, -0.25) is 14.5 Å². The molecule has 2 amide bonds. The van der Waals surface area contributed by atoms with Gasteiger partial charge in [0, 0.05) is 52.1 Å². The van der Waals surface area contributed by atoms with Crippen LogP contribution in [0.25, 0.3) is 0 Å². The van der Waals surface area contributed by atoms with Crippen LogP contribution in [0.5, 0.6) is 0 Å². The topological polar surface area (TPSA) is 65.1 Å². The number of anilines is 1. The van der Waals surface area contributed by atoms with Crippen molar-refractivity contribution in [2.24, 2.45) is 0 Å². The van der Waals surface area contributed by atoms with Gasteiger partial charge in [-0.05, 0) is 18.1 Å². The monoisotopic (exact) mass is 432 g/mol. The van der Waals surface area contributed by atoms with Crippen LogP contribution in [0.15, 0.2) is 24.3 Å². The fraction of sp³-hybridized carbons (Fsp3) is 0.579. The molecule has 0 aliphatic carbocycles. The largest absolute Gasteiger partial charge is 0.383 e. The number of hydrogen-bond donors (Lipinski definition) is 1. The lowest BCUT2D eigenvalue weighted by Gasteiger charge is -2.35. The van der Waals surface area contributed by atoms with Gasteiger partial charge >= 0.3 is 0 Å². The lowest BCUT2D eigenvalue weighted by atomic mass is 10.2. The van der Waals surface area contributed by atoms with Gasteiger partial charge in [0.25, 0.3) is 0 Å². The lowest BCUT2D eigenvalue weighted by Crippen LogP contribution is -2.53. The molecular weight excluding hydrogens is 403 g/mol. The van der Waals surface area contributed by atoms with Crippen molar-refractivity contribution in [1.29, 1.82) is 0 Å². The van der Waals surface area contributed by atoms with Crippen LogP contribution >= 0.6 is 24.8 Å². The van der Waals surface area contributed by atoms with E-state index in [9.17, 15) is 9.59 Å². The molecule has 0 atom stereocenters. The lowest BCUT2D eigenvalue weighted by molar-refractivity contribution is -0.132. The van der Waals surface area contributed by atoms with Gasteiger partial charge in [0.1, 0.15) is 0 Å². The van der Waals surface area contributed by atoms with Crippen LogP contribution in [-0.2, 0) is 20.7 Å². The van der Waals surface area contributed by atoms with Crippen molar-refractivity contribution in [3.05, 3.63) is 29.8 Å². The molecule has 0 bridgehead atoms. The maximum absolute atomic E-state index is 12.7. The molecule has 0 radical (unpaired) electrons. The number of amides is 2. The molecule has 3 rings (SSSR count). The quantitative estimate of drug-likeness (QED) is 0.645. The number of carbonyl (C=O) groups excluding carboxylic acids is 2. The Morgan fingerprint density at radius 1 is 1.04 bits per heavy atom. The van der Waals surface area contributed by atoms with E-state index in [0.29, 0.717) is 39.3 Å². The fourth-order valence-electron chi connectivity index (χ4n) is 3.51. The summed E-state index contributed by atoms with van der Waals surface area (Å²) in [5.74, 6) is 0.261. The summed E-state index contributed by atoms with van der Waals surface area (Å²) in [7, 11) is 1.64. The van der Waals surface area contributed by atoms with Crippen LogP contribution in [0.1, 0.15) is 5.56 Å². The highest BCUT2D eigenvalue weighted by atomic mass is 35.5. The Labute approximate surface area is 179 Å². The van der Waals surface area contributed by atoms with Gasteiger partial charge in [0.2, 0.25) is 11.8 Å². The highest BCUT2D eigenvalue weighted by molar-refractivity contribution is 5.96. The number of para-hydroxylation sites is 1. The van der Waals surface area contributed by atoms with E-state index in [4.69, 9.17) is 4.74 Å². The Balaban J connectivity index is 0.00000196. The molecule has 2 aliphatic heterocycles. The average Bonchev–Trinajstić information content (AvgIpc) is 3.10. The number of hydrogen-bond acceptors (Lipinski definition) is 5. The third kappa shape index (κ3) is 6.32. The first-order chi connectivity index (χ1) is 12.7. The number of fused-ring (bicyclic) bond motifs is 1. The van der Waals surface area contributed by atoms with Gasteiger partial charge in [0.15, 0.2) is 0 Å². The Morgan fingerprint density at radius 2 is 1.75 bits per heavy atom. The van der Waals surface area contributed by atoms with E-state index in [2.05, 4.69) is 16.3 Å². The van der Waals surface area contributed by atoms with Gasteiger partial charge in [-0.2, -0.15) is 0 Å². The first-order valence-corrected chi connectivity index (χ1v) is 9.27. The number of ether oxygens (including phenoxy) is 1. The fourth-order valence-corrected chi connectivity index (χ4v) is 3.51. The summed E-state index contributed by atoms with van der Waals surface area (Å²) in [6, 6.07) is 8.11. The van der Waals surface area contributed by atoms with Crippen LogP contribution in [0.2, 0.25) is 0 Å². The van der Waals surface area contributed by atoms with E-state index in [0.717, 1.165) is 31.7 Å². The predicted octanol–water partition coefficient (Wildman–Crippen LogP) is 0.800. The molecular formula is C19H30Cl2N4O3. The van der Waals surface area contributed by atoms with Crippen LogP contribution in [-0.4, -0.2) is 87.7 Å². The number of piperazine rings is 1. The second-order valence-electron chi connectivity index (χ2n) is 6.75. The number of carbonyl (C=O) groups is 2. The number of benzene rings is 1. The zero-order valence-corrected chi connectivity index (χ0v) is 17.9. The number of nitrogens with zero attached hydrogens (tertiary/aromatic N) is 3. The summed E-state index contributed by atoms with van der Waals surface area (Å²) < 4.78 is 4.95. The number of halogens is 2. The average molecular weight is 433 g/mol. The van der Waals surface area contributed by atoms with Crippen molar-refractivity contribution in [2.75, 3.05) is 71.0 Å². The second kappa shape index (κ2) is 12.2. The Bertz CT molecular complexity index is 639. The van der Waals surface area contributed by atoms with Crippen molar-refractivity contribution >= 4 is 42.3 Å². The Kier molecular flexibility index (Phi) is 10.8. The Morgan fingerprint density at radius 3 is 2.46 bits per heavy atom. The molecule has 7 nitrogen and oxygen atoms in total. The zero-order valence-electron chi connectivity index (χ0n) is 16.3. The van der Waals surface area contributed by atoms with E-state index >= 15 is 0 Å². The van der Waals surface area contributed by atoms with Crippen molar-refractivity contribution in [2.45, 2.75) is 6.42 Å².